The highest BCUT2D eigenvalue weighted by Gasteiger charge is 2.11. The first-order valence-electron chi connectivity index (χ1n) is 7.19. The molecule has 0 radical (unpaired) electrons. The van der Waals surface area contributed by atoms with Crippen LogP contribution in [0.15, 0.2) is 24.3 Å². The maximum Gasteiger partial charge on any atom is 0.288 e. The van der Waals surface area contributed by atoms with Crippen LogP contribution in [0.25, 0.3) is 6.08 Å². The third-order valence-electron chi connectivity index (χ3n) is 3.17. The molecule has 1 aromatic carbocycles. The summed E-state index contributed by atoms with van der Waals surface area (Å²) >= 11 is 5.60. The van der Waals surface area contributed by atoms with E-state index in [1.807, 2.05) is 4.90 Å². The number of nitro groups is 1. The van der Waals surface area contributed by atoms with E-state index in [-0.39, 0.29) is 16.6 Å². The number of halogens is 1. The van der Waals surface area contributed by atoms with E-state index in [0.29, 0.717) is 5.56 Å². The molecule has 130 valence electrons. The number of benzene rings is 1. The molecular formula is C15H19ClN4O4. The van der Waals surface area contributed by atoms with Gasteiger partial charge in [0.1, 0.15) is 5.02 Å². The number of nitro benzene ring substituents is 1. The third kappa shape index (κ3) is 6.76. The zero-order chi connectivity index (χ0) is 18.1. The topological polar surface area (TPSA) is 119 Å². The van der Waals surface area contributed by atoms with E-state index in [1.54, 1.807) is 13.0 Å². The van der Waals surface area contributed by atoms with Crippen molar-refractivity contribution in [2.75, 3.05) is 26.2 Å². The molecule has 8 nitrogen and oxygen atoms in total. The van der Waals surface area contributed by atoms with Crippen LogP contribution in [-0.4, -0.2) is 47.8 Å². The first kappa shape index (κ1) is 19.6. The lowest BCUT2D eigenvalue weighted by molar-refractivity contribution is -0.384. The fourth-order valence-electron chi connectivity index (χ4n) is 1.93. The Balaban J connectivity index is 0.000000272. The van der Waals surface area contributed by atoms with Crippen molar-refractivity contribution in [1.82, 2.24) is 10.2 Å². The second kappa shape index (κ2) is 9.64. The highest BCUT2D eigenvalue weighted by molar-refractivity contribution is 6.32. The Bertz CT molecular complexity index is 642. The Labute approximate surface area is 144 Å². The molecule has 2 amide bonds. The summed E-state index contributed by atoms with van der Waals surface area (Å²) in [5, 5.41) is 13.7. The number of hydrogen-bond acceptors (Lipinski definition) is 5. The van der Waals surface area contributed by atoms with Gasteiger partial charge in [0.05, 0.1) is 4.92 Å². The number of nitrogens with zero attached hydrogens (tertiary/aromatic N) is 2. The van der Waals surface area contributed by atoms with E-state index in [9.17, 15) is 19.7 Å². The second-order valence-electron chi connectivity index (χ2n) is 4.96. The summed E-state index contributed by atoms with van der Waals surface area (Å²) in [7, 11) is 0. The van der Waals surface area contributed by atoms with Crippen LogP contribution < -0.4 is 11.1 Å². The van der Waals surface area contributed by atoms with Crippen molar-refractivity contribution in [2.45, 2.75) is 6.92 Å². The molecule has 0 aliphatic carbocycles. The van der Waals surface area contributed by atoms with E-state index < -0.39 is 10.8 Å². The number of carbonyl (C=O) groups excluding carboxylic acids is 2. The Hall–Kier alpha value is -2.45. The van der Waals surface area contributed by atoms with Crippen molar-refractivity contribution in [3.05, 3.63) is 45.0 Å². The molecule has 1 aromatic rings. The smallest absolute Gasteiger partial charge is 0.288 e. The third-order valence-corrected chi connectivity index (χ3v) is 3.49. The maximum absolute atomic E-state index is 10.7. The van der Waals surface area contributed by atoms with Gasteiger partial charge in [0.15, 0.2) is 0 Å². The largest absolute Gasteiger partial charge is 0.366 e. The van der Waals surface area contributed by atoms with E-state index in [2.05, 4.69) is 5.32 Å². The van der Waals surface area contributed by atoms with Crippen LogP contribution in [0, 0.1) is 10.1 Å². The Morgan fingerprint density at radius 2 is 2.00 bits per heavy atom. The molecule has 0 spiro atoms. The summed E-state index contributed by atoms with van der Waals surface area (Å²) in [6, 6.07) is 4.21. The van der Waals surface area contributed by atoms with Gasteiger partial charge in [-0.25, -0.2) is 0 Å². The fraction of sp³-hybridized carbons (Fsp3) is 0.333. The zero-order valence-corrected chi connectivity index (χ0v) is 14.0. The van der Waals surface area contributed by atoms with Crippen LogP contribution in [-0.2, 0) is 9.59 Å². The van der Waals surface area contributed by atoms with Gasteiger partial charge in [-0.15, -0.1) is 0 Å². The van der Waals surface area contributed by atoms with E-state index in [0.717, 1.165) is 32.3 Å². The number of carbonyl (C=O) groups is 2. The van der Waals surface area contributed by atoms with Gasteiger partial charge >= 0.3 is 0 Å². The predicted octanol–water partition coefficient (Wildman–Crippen LogP) is 1.18. The van der Waals surface area contributed by atoms with Crippen molar-refractivity contribution in [3.8, 4) is 0 Å². The lowest BCUT2D eigenvalue weighted by Gasteiger charge is -2.25. The number of amides is 2. The highest BCUT2D eigenvalue weighted by atomic mass is 35.5. The van der Waals surface area contributed by atoms with Crippen molar-refractivity contribution in [3.63, 3.8) is 0 Å². The molecule has 1 fully saturated rings. The van der Waals surface area contributed by atoms with Gasteiger partial charge in [-0.2, -0.15) is 0 Å². The van der Waals surface area contributed by atoms with Gasteiger partial charge in [0.2, 0.25) is 11.8 Å². The van der Waals surface area contributed by atoms with Crippen LogP contribution in [0.3, 0.4) is 0 Å². The Kier molecular flexibility index (Phi) is 7.87. The lowest BCUT2D eigenvalue weighted by Crippen LogP contribution is -2.45. The van der Waals surface area contributed by atoms with Gasteiger partial charge in [-0.05, 0) is 17.7 Å². The van der Waals surface area contributed by atoms with Crippen LogP contribution >= 0.6 is 11.6 Å². The number of hydrogen-bond donors (Lipinski definition) is 2. The van der Waals surface area contributed by atoms with Gasteiger partial charge in [0, 0.05) is 45.2 Å². The molecule has 0 bridgehead atoms. The van der Waals surface area contributed by atoms with Gasteiger partial charge in [-0.1, -0.05) is 17.7 Å². The van der Waals surface area contributed by atoms with E-state index in [1.165, 1.54) is 18.2 Å². The molecule has 1 aliphatic heterocycles. The average molecular weight is 355 g/mol. The quantitative estimate of drug-likeness (QED) is 0.480. The fourth-order valence-corrected chi connectivity index (χ4v) is 2.12. The van der Waals surface area contributed by atoms with Crippen LogP contribution in [0.1, 0.15) is 12.5 Å². The first-order valence-corrected chi connectivity index (χ1v) is 7.56. The molecule has 2 rings (SSSR count). The maximum atomic E-state index is 10.7. The number of nitrogens with one attached hydrogen (secondary N) is 1. The van der Waals surface area contributed by atoms with Gasteiger partial charge in [-0.3, -0.25) is 19.7 Å². The summed E-state index contributed by atoms with van der Waals surface area (Å²) in [5.41, 5.74) is 5.17. The van der Waals surface area contributed by atoms with Gasteiger partial charge < -0.3 is 16.0 Å². The summed E-state index contributed by atoms with van der Waals surface area (Å²) in [5.74, 6) is -0.427. The number of primary amides is 1. The molecule has 0 unspecified atom stereocenters. The first-order chi connectivity index (χ1) is 11.3. The lowest BCUT2D eigenvalue weighted by atomic mass is 10.2. The average Bonchev–Trinajstić information content (AvgIpc) is 2.55. The van der Waals surface area contributed by atoms with E-state index >= 15 is 0 Å². The molecule has 0 saturated carbocycles. The summed E-state index contributed by atoms with van der Waals surface area (Å²) in [6.07, 6.45) is 2.50. The molecule has 9 heteroatoms. The highest BCUT2D eigenvalue weighted by Crippen LogP contribution is 2.25. The Morgan fingerprint density at radius 3 is 2.46 bits per heavy atom. The molecule has 1 aliphatic rings. The summed E-state index contributed by atoms with van der Waals surface area (Å²) in [4.78, 5) is 32.9. The standard InChI is InChI=1S/C9H7ClN2O3.C6H12N2O/c10-7-3-1-6(2-4-9(11)13)5-8(7)12(14)15;1-6(9)8-4-2-7-3-5-8/h1-5H,(H2,11,13);7H,2-5H2,1H3. The van der Waals surface area contributed by atoms with E-state index in [4.69, 9.17) is 17.3 Å². The van der Waals surface area contributed by atoms with Crippen molar-refractivity contribution >= 4 is 35.2 Å². The minimum atomic E-state index is -0.618. The molecule has 1 heterocycles. The monoisotopic (exact) mass is 354 g/mol. The minimum absolute atomic E-state index is 0.0521. The molecule has 0 atom stereocenters. The minimum Gasteiger partial charge on any atom is -0.366 e. The van der Waals surface area contributed by atoms with Crippen molar-refractivity contribution in [2.24, 2.45) is 5.73 Å². The predicted molar refractivity (Wildman–Crippen MR) is 91.5 cm³/mol. The van der Waals surface area contributed by atoms with Crippen LogP contribution in [0.4, 0.5) is 5.69 Å². The molecule has 1 saturated heterocycles. The number of nitrogens with two attached hydrogens (primary N) is 1. The zero-order valence-electron chi connectivity index (χ0n) is 13.2. The number of rotatable bonds is 3. The normalized spacial score (nSPS) is 14.0. The molecule has 24 heavy (non-hydrogen) atoms. The SMILES string of the molecule is CC(=O)N1CCNCC1.NC(=O)C=Cc1ccc(Cl)c([N+](=O)[O-])c1. The van der Waals surface area contributed by atoms with Crippen LogP contribution in [0.2, 0.25) is 5.02 Å². The van der Waals surface area contributed by atoms with Gasteiger partial charge in [0.25, 0.3) is 5.69 Å². The molecule has 3 N–H and O–H groups in total. The molecular weight excluding hydrogens is 336 g/mol. The van der Waals surface area contributed by atoms with Crippen LogP contribution in [0.5, 0.6) is 0 Å². The molecule has 0 aromatic heterocycles. The second-order valence-corrected chi connectivity index (χ2v) is 5.37. The van der Waals surface area contributed by atoms with Crippen molar-refractivity contribution in [1.29, 1.82) is 0 Å². The number of piperazine rings is 1. The summed E-state index contributed by atoms with van der Waals surface area (Å²) < 4.78 is 0. The summed E-state index contributed by atoms with van der Waals surface area (Å²) in [6.45, 7) is 5.25. The van der Waals surface area contributed by atoms with Crippen molar-refractivity contribution < 1.29 is 14.5 Å². The Morgan fingerprint density at radius 1 is 1.38 bits per heavy atom.